The fourth-order valence-electron chi connectivity index (χ4n) is 1.69. The first-order valence-corrected chi connectivity index (χ1v) is 5.49. The predicted octanol–water partition coefficient (Wildman–Crippen LogP) is 0.256. The number of methoxy groups -OCH3 is 1. The Kier molecular flexibility index (Phi) is 4.94. The van der Waals surface area contributed by atoms with Gasteiger partial charge in [0.05, 0.1) is 13.0 Å². The van der Waals surface area contributed by atoms with Crippen LogP contribution in [-0.2, 0) is 14.3 Å². The number of piperazine rings is 1. The van der Waals surface area contributed by atoms with Gasteiger partial charge in [0.2, 0.25) is 5.91 Å². The summed E-state index contributed by atoms with van der Waals surface area (Å²) >= 11 is 0. The minimum absolute atomic E-state index is 0.0862. The molecule has 104 valence electrons. The number of amides is 2. The average Bonchev–Trinajstić information content (AvgIpc) is 2.34. The number of halogens is 3. The third-order valence-electron chi connectivity index (χ3n) is 2.68. The van der Waals surface area contributed by atoms with Crippen LogP contribution in [0.15, 0.2) is 0 Å². The van der Waals surface area contributed by atoms with Crippen LogP contribution in [0.4, 0.5) is 13.2 Å². The smallest absolute Gasteiger partial charge is 0.384 e. The lowest BCUT2D eigenvalue weighted by Crippen LogP contribution is -2.53. The molecule has 0 aromatic carbocycles. The Morgan fingerprint density at radius 2 is 1.61 bits per heavy atom. The number of alkyl halides is 3. The molecule has 1 aliphatic rings. The number of carbonyl (C=O) groups excluding carboxylic acids is 2. The van der Waals surface area contributed by atoms with Gasteiger partial charge in [0.1, 0.15) is 0 Å². The van der Waals surface area contributed by atoms with Crippen LogP contribution in [0.1, 0.15) is 6.42 Å². The van der Waals surface area contributed by atoms with Crippen LogP contribution in [0.25, 0.3) is 0 Å². The van der Waals surface area contributed by atoms with Crippen molar-refractivity contribution in [1.82, 2.24) is 9.80 Å². The summed E-state index contributed by atoms with van der Waals surface area (Å²) in [6.07, 6.45) is -4.65. The fourth-order valence-corrected chi connectivity index (χ4v) is 1.69. The zero-order chi connectivity index (χ0) is 13.8. The van der Waals surface area contributed by atoms with Crippen LogP contribution in [0.2, 0.25) is 0 Å². The van der Waals surface area contributed by atoms with Crippen LogP contribution in [0.3, 0.4) is 0 Å². The molecule has 5 nitrogen and oxygen atoms in total. The van der Waals surface area contributed by atoms with E-state index in [2.05, 4.69) is 0 Å². The number of hydrogen-bond acceptors (Lipinski definition) is 3. The summed E-state index contributed by atoms with van der Waals surface area (Å²) < 4.78 is 41.2. The zero-order valence-corrected chi connectivity index (χ0v) is 10.00. The number of carbonyl (C=O) groups is 2. The Morgan fingerprint density at radius 1 is 1.11 bits per heavy atom. The standard InChI is InChI=1S/C10H15F3N2O3/c1-18-7-2-8(16)14-3-5-15(6-4-14)9(17)10(11,12)13/h2-7H2,1H3. The van der Waals surface area contributed by atoms with Crippen molar-refractivity contribution >= 4 is 11.8 Å². The highest BCUT2D eigenvalue weighted by Gasteiger charge is 2.43. The maximum absolute atomic E-state index is 12.2. The molecule has 0 radical (unpaired) electrons. The van der Waals surface area contributed by atoms with Gasteiger partial charge in [-0.1, -0.05) is 0 Å². The van der Waals surface area contributed by atoms with Crippen LogP contribution in [0.5, 0.6) is 0 Å². The van der Waals surface area contributed by atoms with Crippen molar-refractivity contribution in [2.24, 2.45) is 0 Å². The van der Waals surface area contributed by atoms with Gasteiger partial charge in [-0.3, -0.25) is 9.59 Å². The lowest BCUT2D eigenvalue weighted by molar-refractivity contribution is -0.187. The van der Waals surface area contributed by atoms with Crippen molar-refractivity contribution in [2.45, 2.75) is 12.6 Å². The molecule has 0 aromatic rings. The number of hydrogen-bond donors (Lipinski definition) is 0. The first-order chi connectivity index (χ1) is 8.36. The summed E-state index contributed by atoms with van der Waals surface area (Å²) in [5.41, 5.74) is 0. The van der Waals surface area contributed by atoms with Crippen molar-refractivity contribution in [3.8, 4) is 0 Å². The highest BCUT2D eigenvalue weighted by molar-refractivity contribution is 5.82. The molecule has 0 unspecified atom stereocenters. The number of nitrogens with zero attached hydrogens (tertiary/aromatic N) is 2. The Labute approximate surface area is 102 Å². The van der Waals surface area contributed by atoms with E-state index in [-0.39, 0.29) is 45.1 Å². The Hall–Kier alpha value is -1.31. The summed E-state index contributed by atoms with van der Waals surface area (Å²) in [6.45, 7) is 0.364. The quantitative estimate of drug-likeness (QED) is 0.737. The normalized spacial score (nSPS) is 16.9. The maximum Gasteiger partial charge on any atom is 0.471 e. The minimum Gasteiger partial charge on any atom is -0.384 e. The third-order valence-corrected chi connectivity index (χ3v) is 2.68. The highest BCUT2D eigenvalue weighted by Crippen LogP contribution is 2.19. The number of ether oxygens (including phenoxy) is 1. The molecule has 0 aromatic heterocycles. The van der Waals surface area contributed by atoms with E-state index in [0.29, 0.717) is 0 Å². The second kappa shape index (κ2) is 6.03. The van der Waals surface area contributed by atoms with Gasteiger partial charge in [0.15, 0.2) is 0 Å². The van der Waals surface area contributed by atoms with Crippen LogP contribution in [-0.4, -0.2) is 67.7 Å². The van der Waals surface area contributed by atoms with Crippen molar-refractivity contribution in [1.29, 1.82) is 0 Å². The molecular formula is C10H15F3N2O3. The van der Waals surface area contributed by atoms with E-state index in [9.17, 15) is 22.8 Å². The molecule has 18 heavy (non-hydrogen) atoms. The molecule has 0 spiro atoms. The Morgan fingerprint density at radius 3 is 2.06 bits per heavy atom. The van der Waals surface area contributed by atoms with E-state index in [1.807, 2.05) is 0 Å². The Balaban J connectivity index is 2.41. The largest absolute Gasteiger partial charge is 0.471 e. The van der Waals surface area contributed by atoms with Crippen molar-refractivity contribution < 1.29 is 27.5 Å². The summed E-state index contributed by atoms with van der Waals surface area (Å²) in [6, 6.07) is 0. The summed E-state index contributed by atoms with van der Waals surface area (Å²) in [4.78, 5) is 24.7. The van der Waals surface area contributed by atoms with Gasteiger partial charge in [-0.05, 0) is 0 Å². The van der Waals surface area contributed by atoms with Gasteiger partial charge < -0.3 is 14.5 Å². The molecule has 1 saturated heterocycles. The lowest BCUT2D eigenvalue weighted by atomic mass is 10.2. The molecule has 1 rings (SSSR count). The molecule has 0 bridgehead atoms. The van der Waals surface area contributed by atoms with E-state index in [0.717, 1.165) is 4.90 Å². The van der Waals surface area contributed by atoms with E-state index < -0.39 is 12.1 Å². The summed E-state index contributed by atoms with van der Waals surface area (Å²) in [7, 11) is 1.47. The van der Waals surface area contributed by atoms with E-state index in [4.69, 9.17) is 4.74 Å². The predicted molar refractivity (Wildman–Crippen MR) is 55.7 cm³/mol. The molecular weight excluding hydrogens is 253 g/mol. The van der Waals surface area contributed by atoms with Crippen LogP contribution in [0, 0.1) is 0 Å². The zero-order valence-electron chi connectivity index (χ0n) is 10.00. The average molecular weight is 268 g/mol. The summed E-state index contributed by atoms with van der Waals surface area (Å²) in [5, 5.41) is 0. The summed E-state index contributed by atoms with van der Waals surface area (Å²) in [5.74, 6) is -2.01. The molecule has 0 saturated carbocycles. The molecule has 1 heterocycles. The van der Waals surface area contributed by atoms with Crippen molar-refractivity contribution in [3.05, 3.63) is 0 Å². The van der Waals surface area contributed by atoms with Gasteiger partial charge in [0.25, 0.3) is 0 Å². The molecule has 0 aliphatic carbocycles. The van der Waals surface area contributed by atoms with Gasteiger partial charge in [-0.15, -0.1) is 0 Å². The maximum atomic E-state index is 12.2. The molecule has 2 amide bonds. The Bertz CT molecular complexity index is 312. The lowest BCUT2D eigenvalue weighted by Gasteiger charge is -2.35. The second-order valence-corrected chi connectivity index (χ2v) is 3.91. The van der Waals surface area contributed by atoms with Gasteiger partial charge in [0, 0.05) is 33.3 Å². The van der Waals surface area contributed by atoms with E-state index in [1.165, 1.54) is 12.0 Å². The second-order valence-electron chi connectivity index (χ2n) is 3.91. The van der Waals surface area contributed by atoms with Gasteiger partial charge in [-0.2, -0.15) is 13.2 Å². The fraction of sp³-hybridized carbons (Fsp3) is 0.800. The van der Waals surface area contributed by atoms with Crippen LogP contribution >= 0.6 is 0 Å². The number of rotatable bonds is 3. The molecule has 1 fully saturated rings. The topological polar surface area (TPSA) is 49.9 Å². The van der Waals surface area contributed by atoms with Crippen LogP contribution < -0.4 is 0 Å². The van der Waals surface area contributed by atoms with E-state index in [1.54, 1.807) is 0 Å². The third kappa shape index (κ3) is 3.86. The minimum atomic E-state index is -4.85. The first-order valence-electron chi connectivity index (χ1n) is 5.49. The van der Waals surface area contributed by atoms with Gasteiger partial charge >= 0.3 is 12.1 Å². The monoisotopic (exact) mass is 268 g/mol. The molecule has 0 atom stereocenters. The van der Waals surface area contributed by atoms with Gasteiger partial charge in [-0.25, -0.2) is 0 Å². The molecule has 0 N–H and O–H groups in total. The highest BCUT2D eigenvalue weighted by atomic mass is 19.4. The first kappa shape index (κ1) is 14.7. The van der Waals surface area contributed by atoms with Crippen molar-refractivity contribution in [2.75, 3.05) is 39.9 Å². The van der Waals surface area contributed by atoms with Crippen molar-refractivity contribution in [3.63, 3.8) is 0 Å². The molecule has 1 aliphatic heterocycles. The van der Waals surface area contributed by atoms with E-state index >= 15 is 0 Å². The molecule has 8 heteroatoms. The SMILES string of the molecule is COCCC(=O)N1CCN(C(=O)C(F)(F)F)CC1.